The molecule has 0 aliphatic carbocycles. The molecule has 1 rings (SSSR count). The highest BCUT2D eigenvalue weighted by Crippen LogP contribution is 2.33. The van der Waals surface area contributed by atoms with E-state index >= 15 is 0 Å². The highest BCUT2D eigenvalue weighted by atomic mass is 32.1. The number of carbonyl (C=O) groups excluding carboxylic acids is 1. The van der Waals surface area contributed by atoms with Crippen molar-refractivity contribution in [2.24, 2.45) is 0 Å². The number of amides is 1. The standard InChI is InChI=1S/C11H19N3OS/c1-5-6-7(15)13-10-14-8(9(12)16-10)11(2,3)4/h5-6,12H2,1-4H3,(H,13,14,15). The number of nitrogens with two attached hydrogens (primary N) is 1. The molecule has 1 amide bonds. The van der Waals surface area contributed by atoms with Crippen LogP contribution in [0.1, 0.15) is 46.2 Å². The quantitative estimate of drug-likeness (QED) is 0.855. The third-order valence-corrected chi connectivity index (χ3v) is 2.89. The molecule has 0 saturated carbocycles. The van der Waals surface area contributed by atoms with Gasteiger partial charge in [0.05, 0.1) is 5.69 Å². The number of carbonyl (C=O) groups is 1. The molecule has 1 aromatic rings. The van der Waals surface area contributed by atoms with Gasteiger partial charge in [0.15, 0.2) is 5.13 Å². The van der Waals surface area contributed by atoms with Crippen molar-refractivity contribution in [3.05, 3.63) is 5.69 Å². The van der Waals surface area contributed by atoms with Gasteiger partial charge in [0.2, 0.25) is 5.91 Å². The summed E-state index contributed by atoms with van der Waals surface area (Å²) in [5.41, 5.74) is 6.64. The normalized spacial score (nSPS) is 11.5. The Balaban J connectivity index is 2.81. The lowest BCUT2D eigenvalue weighted by atomic mass is 9.93. The highest BCUT2D eigenvalue weighted by molar-refractivity contribution is 7.19. The number of nitrogens with zero attached hydrogens (tertiary/aromatic N) is 1. The Morgan fingerprint density at radius 2 is 2.12 bits per heavy atom. The van der Waals surface area contributed by atoms with E-state index < -0.39 is 0 Å². The second-order valence-corrected chi connectivity index (χ2v) is 5.81. The summed E-state index contributed by atoms with van der Waals surface area (Å²) in [6.45, 7) is 8.12. The third kappa shape index (κ3) is 3.20. The van der Waals surface area contributed by atoms with Crippen molar-refractivity contribution in [3.63, 3.8) is 0 Å². The predicted molar refractivity (Wildman–Crippen MR) is 68.8 cm³/mol. The van der Waals surface area contributed by atoms with Crippen LogP contribution in [-0.2, 0) is 10.2 Å². The lowest BCUT2D eigenvalue weighted by Gasteiger charge is -2.15. The molecular formula is C11H19N3OS. The number of hydrogen-bond donors (Lipinski definition) is 2. The number of aromatic nitrogens is 1. The molecule has 5 heteroatoms. The van der Waals surface area contributed by atoms with Crippen LogP contribution in [0, 0.1) is 0 Å². The first kappa shape index (κ1) is 13.0. The van der Waals surface area contributed by atoms with E-state index in [0.717, 1.165) is 12.1 Å². The second kappa shape index (κ2) is 4.82. The van der Waals surface area contributed by atoms with Gasteiger partial charge >= 0.3 is 0 Å². The van der Waals surface area contributed by atoms with Gasteiger partial charge in [0.25, 0.3) is 0 Å². The molecule has 0 spiro atoms. The van der Waals surface area contributed by atoms with E-state index in [-0.39, 0.29) is 11.3 Å². The lowest BCUT2D eigenvalue weighted by Crippen LogP contribution is -2.15. The van der Waals surface area contributed by atoms with Crippen LogP contribution in [0.15, 0.2) is 0 Å². The molecular weight excluding hydrogens is 222 g/mol. The van der Waals surface area contributed by atoms with Crippen LogP contribution in [0.3, 0.4) is 0 Å². The first-order valence-electron chi connectivity index (χ1n) is 5.41. The van der Waals surface area contributed by atoms with Crippen LogP contribution >= 0.6 is 11.3 Å². The van der Waals surface area contributed by atoms with Crippen molar-refractivity contribution in [2.75, 3.05) is 11.1 Å². The summed E-state index contributed by atoms with van der Waals surface area (Å²) in [5.74, 6) is -0.00305. The largest absolute Gasteiger partial charge is 0.389 e. The van der Waals surface area contributed by atoms with Crippen LogP contribution in [0.5, 0.6) is 0 Å². The maximum absolute atomic E-state index is 11.4. The molecule has 1 aromatic heterocycles. The number of nitrogen functional groups attached to an aromatic ring is 1. The molecule has 0 saturated heterocycles. The Bertz CT molecular complexity index is 379. The van der Waals surface area contributed by atoms with Crippen molar-refractivity contribution in [3.8, 4) is 0 Å². The molecule has 0 unspecified atom stereocenters. The molecule has 0 bridgehead atoms. The summed E-state index contributed by atoms with van der Waals surface area (Å²) in [7, 11) is 0. The van der Waals surface area contributed by atoms with E-state index in [1.165, 1.54) is 11.3 Å². The van der Waals surface area contributed by atoms with Crippen LogP contribution in [0.4, 0.5) is 10.1 Å². The molecule has 1 heterocycles. The Hall–Kier alpha value is -1.10. The van der Waals surface area contributed by atoms with Gasteiger partial charge in [0, 0.05) is 11.8 Å². The summed E-state index contributed by atoms with van der Waals surface area (Å²) in [6, 6.07) is 0. The van der Waals surface area contributed by atoms with Crippen molar-refractivity contribution in [1.82, 2.24) is 4.98 Å². The number of rotatable bonds is 3. The van der Waals surface area contributed by atoms with E-state index in [1.807, 2.05) is 6.92 Å². The zero-order chi connectivity index (χ0) is 12.3. The summed E-state index contributed by atoms with van der Waals surface area (Å²) < 4.78 is 0. The zero-order valence-corrected chi connectivity index (χ0v) is 11.1. The fourth-order valence-corrected chi connectivity index (χ4v) is 2.29. The van der Waals surface area contributed by atoms with Crippen LogP contribution in [0.2, 0.25) is 0 Å². The number of thiazole rings is 1. The second-order valence-electron chi connectivity index (χ2n) is 4.78. The topological polar surface area (TPSA) is 68.0 Å². The Labute approximate surface area is 100 Å². The SMILES string of the molecule is CCCC(=O)Nc1nc(C(C)(C)C)c(N)s1. The van der Waals surface area contributed by atoms with Crippen molar-refractivity contribution in [2.45, 2.75) is 46.0 Å². The van der Waals surface area contributed by atoms with Gasteiger partial charge in [-0.25, -0.2) is 4.98 Å². The summed E-state index contributed by atoms with van der Waals surface area (Å²) >= 11 is 1.33. The molecule has 3 N–H and O–H groups in total. The maximum Gasteiger partial charge on any atom is 0.226 e. The van der Waals surface area contributed by atoms with Crippen LogP contribution in [-0.4, -0.2) is 10.9 Å². The van der Waals surface area contributed by atoms with Gasteiger partial charge in [-0.3, -0.25) is 4.79 Å². The fourth-order valence-electron chi connectivity index (χ4n) is 1.33. The monoisotopic (exact) mass is 241 g/mol. The predicted octanol–water partition coefficient (Wildman–Crippen LogP) is 2.76. The van der Waals surface area contributed by atoms with E-state index in [0.29, 0.717) is 16.6 Å². The van der Waals surface area contributed by atoms with Crippen LogP contribution in [0.25, 0.3) is 0 Å². The first-order chi connectivity index (χ1) is 7.34. The fraction of sp³-hybridized carbons (Fsp3) is 0.636. The van der Waals surface area contributed by atoms with Gasteiger partial charge in [-0.15, -0.1) is 0 Å². The Kier molecular flexibility index (Phi) is 3.91. The van der Waals surface area contributed by atoms with Gasteiger partial charge < -0.3 is 11.1 Å². The Morgan fingerprint density at radius 3 is 2.56 bits per heavy atom. The minimum Gasteiger partial charge on any atom is -0.389 e. The summed E-state index contributed by atoms with van der Waals surface area (Å²) in [5, 5.41) is 4.04. The minimum atomic E-state index is -0.0890. The minimum absolute atomic E-state index is 0.00305. The highest BCUT2D eigenvalue weighted by Gasteiger charge is 2.22. The van der Waals surface area contributed by atoms with Gasteiger partial charge in [0.1, 0.15) is 5.00 Å². The number of anilines is 2. The lowest BCUT2D eigenvalue weighted by molar-refractivity contribution is -0.116. The first-order valence-corrected chi connectivity index (χ1v) is 6.23. The van der Waals surface area contributed by atoms with Crippen LogP contribution < -0.4 is 11.1 Å². The Morgan fingerprint density at radius 1 is 1.50 bits per heavy atom. The maximum atomic E-state index is 11.4. The van der Waals surface area contributed by atoms with Gasteiger partial charge in [-0.1, -0.05) is 39.0 Å². The van der Waals surface area contributed by atoms with E-state index in [1.54, 1.807) is 0 Å². The van der Waals surface area contributed by atoms with E-state index in [9.17, 15) is 4.79 Å². The molecule has 0 aromatic carbocycles. The molecule has 16 heavy (non-hydrogen) atoms. The molecule has 4 nitrogen and oxygen atoms in total. The van der Waals surface area contributed by atoms with Crippen molar-refractivity contribution >= 4 is 27.4 Å². The number of hydrogen-bond acceptors (Lipinski definition) is 4. The molecule has 0 aliphatic rings. The molecule has 90 valence electrons. The van der Waals surface area contributed by atoms with Crippen molar-refractivity contribution < 1.29 is 4.79 Å². The van der Waals surface area contributed by atoms with E-state index in [4.69, 9.17) is 5.73 Å². The smallest absolute Gasteiger partial charge is 0.226 e. The van der Waals surface area contributed by atoms with Gasteiger partial charge in [-0.2, -0.15) is 0 Å². The molecule has 0 fully saturated rings. The van der Waals surface area contributed by atoms with Gasteiger partial charge in [-0.05, 0) is 6.42 Å². The summed E-state index contributed by atoms with van der Waals surface area (Å²) in [6.07, 6.45) is 1.35. The summed E-state index contributed by atoms with van der Waals surface area (Å²) in [4.78, 5) is 15.8. The third-order valence-electron chi connectivity index (χ3n) is 2.09. The zero-order valence-electron chi connectivity index (χ0n) is 10.3. The molecule has 0 aliphatic heterocycles. The average molecular weight is 241 g/mol. The average Bonchev–Trinajstić information content (AvgIpc) is 2.46. The number of nitrogens with one attached hydrogen (secondary N) is 1. The molecule has 0 atom stereocenters. The van der Waals surface area contributed by atoms with E-state index in [2.05, 4.69) is 31.1 Å². The van der Waals surface area contributed by atoms with Crippen molar-refractivity contribution in [1.29, 1.82) is 0 Å². The molecule has 0 radical (unpaired) electrons.